The number of halogens is 1. The maximum absolute atomic E-state index is 13.8. The first-order valence-corrected chi connectivity index (χ1v) is 13.6. The van der Waals surface area contributed by atoms with Gasteiger partial charge in [0.05, 0.1) is 25.0 Å². The molecule has 2 aromatic carbocycles. The average molecular weight is 540 g/mol. The monoisotopic (exact) mass is 539 g/mol. The van der Waals surface area contributed by atoms with Gasteiger partial charge in [-0.1, -0.05) is 18.2 Å². The summed E-state index contributed by atoms with van der Waals surface area (Å²) in [5.41, 5.74) is 12.2. The number of hydrazine groups is 1. The smallest absolute Gasteiger partial charge is 0.142 e. The molecule has 0 amide bonds. The quantitative estimate of drug-likeness (QED) is 0.298. The Labute approximate surface area is 233 Å². The highest BCUT2D eigenvalue weighted by molar-refractivity contribution is 5.97. The molecule has 3 aromatic heterocycles. The third-order valence-corrected chi connectivity index (χ3v) is 7.85. The number of benzene rings is 2. The van der Waals surface area contributed by atoms with Crippen molar-refractivity contribution >= 4 is 16.7 Å². The molecule has 4 heterocycles. The van der Waals surface area contributed by atoms with E-state index in [-0.39, 0.29) is 5.82 Å². The van der Waals surface area contributed by atoms with Crippen molar-refractivity contribution in [2.45, 2.75) is 20.4 Å². The van der Waals surface area contributed by atoms with E-state index in [9.17, 15) is 4.39 Å². The number of methoxy groups -OCH3 is 1. The molecule has 1 aliphatic rings. The van der Waals surface area contributed by atoms with Crippen LogP contribution in [0.3, 0.4) is 0 Å². The Kier molecular flexibility index (Phi) is 7.00. The molecule has 1 fully saturated rings. The van der Waals surface area contributed by atoms with Crippen LogP contribution in [0.15, 0.2) is 60.9 Å². The number of nitrogens with one attached hydrogen (secondary N) is 2. The standard InChI is InChI=1S/C31H34FN7O/c1-20-30(21(2)39(36-20)19-22-6-5-7-25(32)14-22)27-18-35-31-26(27)15-24(17-34-31)23-8-9-28(29(16-23)40-4)37-10-12-38(33-3)13-11-37/h5-9,14-18,33H,10-13,19H2,1-4H3,(H,34,35). The van der Waals surface area contributed by atoms with Gasteiger partial charge in [-0.05, 0) is 62.4 Å². The minimum atomic E-state index is -0.240. The maximum atomic E-state index is 13.8. The number of aryl methyl sites for hydroxylation is 1. The van der Waals surface area contributed by atoms with Gasteiger partial charge in [0.2, 0.25) is 0 Å². The first kappa shape index (κ1) is 26.0. The van der Waals surface area contributed by atoms with Crippen LogP contribution in [0.1, 0.15) is 17.0 Å². The third kappa shape index (κ3) is 4.82. The molecule has 0 atom stereocenters. The summed E-state index contributed by atoms with van der Waals surface area (Å²) in [4.78, 5) is 10.4. The summed E-state index contributed by atoms with van der Waals surface area (Å²) in [6, 6.07) is 15.2. The molecule has 2 N–H and O–H groups in total. The van der Waals surface area contributed by atoms with Gasteiger partial charge in [0.1, 0.15) is 17.2 Å². The SMILES string of the molecule is CNN1CCN(c2ccc(-c3cnc4[nH]cc(-c5c(C)nn(Cc6cccc(F)c6)c5C)c4c3)cc2OC)CC1. The number of piperazine rings is 1. The molecule has 206 valence electrons. The Morgan fingerprint density at radius 3 is 2.60 bits per heavy atom. The number of aromatic amines is 1. The van der Waals surface area contributed by atoms with E-state index in [4.69, 9.17) is 14.8 Å². The van der Waals surface area contributed by atoms with Crippen LogP contribution in [-0.2, 0) is 6.54 Å². The van der Waals surface area contributed by atoms with Crippen molar-refractivity contribution in [2.75, 3.05) is 45.2 Å². The molecule has 1 saturated heterocycles. The molecule has 0 radical (unpaired) electrons. The second-order valence-corrected chi connectivity index (χ2v) is 10.2. The molecule has 6 rings (SSSR count). The van der Waals surface area contributed by atoms with Crippen LogP contribution in [0.2, 0.25) is 0 Å². The Hall–Kier alpha value is -4.21. The van der Waals surface area contributed by atoms with Crippen molar-refractivity contribution in [3.63, 3.8) is 0 Å². The summed E-state index contributed by atoms with van der Waals surface area (Å²) in [6.07, 6.45) is 3.90. The van der Waals surface area contributed by atoms with Gasteiger partial charge in [-0.25, -0.2) is 14.4 Å². The number of hydrogen-bond acceptors (Lipinski definition) is 6. The topological polar surface area (TPSA) is 74.2 Å². The number of H-pyrrole nitrogens is 1. The van der Waals surface area contributed by atoms with Gasteiger partial charge in [-0.3, -0.25) is 10.1 Å². The fraction of sp³-hybridized carbons (Fsp3) is 0.290. The van der Waals surface area contributed by atoms with Crippen molar-refractivity contribution in [3.05, 3.63) is 83.7 Å². The number of hydrogen-bond donors (Lipinski definition) is 2. The minimum absolute atomic E-state index is 0.240. The van der Waals surface area contributed by atoms with Gasteiger partial charge in [0, 0.05) is 66.3 Å². The van der Waals surface area contributed by atoms with Gasteiger partial charge in [0.15, 0.2) is 0 Å². The zero-order valence-corrected chi connectivity index (χ0v) is 23.3. The Morgan fingerprint density at radius 2 is 1.85 bits per heavy atom. The summed E-state index contributed by atoms with van der Waals surface area (Å²) >= 11 is 0. The van der Waals surface area contributed by atoms with Gasteiger partial charge in [-0.2, -0.15) is 5.10 Å². The predicted molar refractivity (Wildman–Crippen MR) is 157 cm³/mol. The van der Waals surface area contributed by atoms with Crippen molar-refractivity contribution in [1.82, 2.24) is 30.2 Å². The molecular formula is C31H34FN7O. The molecule has 0 aliphatic carbocycles. The summed E-state index contributed by atoms with van der Waals surface area (Å²) in [7, 11) is 3.69. The van der Waals surface area contributed by atoms with E-state index in [0.717, 1.165) is 87.9 Å². The van der Waals surface area contributed by atoms with Crippen LogP contribution < -0.4 is 15.1 Å². The molecule has 0 bridgehead atoms. The highest BCUT2D eigenvalue weighted by atomic mass is 19.1. The average Bonchev–Trinajstić information content (AvgIpc) is 3.51. The van der Waals surface area contributed by atoms with Crippen molar-refractivity contribution in [1.29, 1.82) is 0 Å². The van der Waals surface area contributed by atoms with Crippen LogP contribution in [0.5, 0.6) is 5.75 Å². The van der Waals surface area contributed by atoms with E-state index in [0.29, 0.717) is 6.54 Å². The predicted octanol–water partition coefficient (Wildman–Crippen LogP) is 5.16. The van der Waals surface area contributed by atoms with Gasteiger partial charge in [0.25, 0.3) is 0 Å². The molecule has 5 aromatic rings. The first-order chi connectivity index (χ1) is 19.4. The number of aromatic nitrogens is 4. The number of fused-ring (bicyclic) bond motifs is 1. The summed E-state index contributed by atoms with van der Waals surface area (Å²) in [5.74, 6) is 0.616. The van der Waals surface area contributed by atoms with E-state index < -0.39 is 0 Å². The Bertz CT molecular complexity index is 1670. The summed E-state index contributed by atoms with van der Waals surface area (Å²) in [5, 5.41) is 8.05. The van der Waals surface area contributed by atoms with Crippen LogP contribution in [-0.4, -0.2) is 65.1 Å². The lowest BCUT2D eigenvalue weighted by Gasteiger charge is -2.36. The Balaban J connectivity index is 1.33. The van der Waals surface area contributed by atoms with Gasteiger partial charge >= 0.3 is 0 Å². The zero-order chi connectivity index (χ0) is 27.8. The van der Waals surface area contributed by atoms with E-state index in [2.05, 4.69) is 51.5 Å². The number of rotatable bonds is 7. The second kappa shape index (κ2) is 10.7. The van der Waals surface area contributed by atoms with Crippen LogP contribution in [0.4, 0.5) is 10.1 Å². The van der Waals surface area contributed by atoms with Crippen LogP contribution in [0, 0.1) is 19.7 Å². The normalized spacial score (nSPS) is 14.3. The molecule has 0 saturated carbocycles. The highest BCUT2D eigenvalue weighted by Gasteiger charge is 2.21. The largest absolute Gasteiger partial charge is 0.495 e. The van der Waals surface area contributed by atoms with E-state index >= 15 is 0 Å². The molecule has 9 heteroatoms. The first-order valence-electron chi connectivity index (χ1n) is 13.6. The number of pyridine rings is 1. The van der Waals surface area contributed by atoms with E-state index in [1.165, 1.54) is 6.07 Å². The van der Waals surface area contributed by atoms with Crippen molar-refractivity contribution < 1.29 is 9.13 Å². The summed E-state index contributed by atoms with van der Waals surface area (Å²) in [6.45, 7) is 8.36. The maximum Gasteiger partial charge on any atom is 0.142 e. The number of ether oxygens (including phenoxy) is 1. The van der Waals surface area contributed by atoms with Gasteiger partial charge in [-0.15, -0.1) is 0 Å². The molecule has 0 spiro atoms. The lowest BCUT2D eigenvalue weighted by molar-refractivity contribution is 0.195. The number of anilines is 1. The zero-order valence-electron chi connectivity index (χ0n) is 23.3. The lowest BCUT2D eigenvalue weighted by atomic mass is 10.0. The van der Waals surface area contributed by atoms with Gasteiger partial charge < -0.3 is 14.6 Å². The van der Waals surface area contributed by atoms with Crippen LogP contribution >= 0.6 is 0 Å². The van der Waals surface area contributed by atoms with E-state index in [1.54, 1.807) is 19.2 Å². The molecular weight excluding hydrogens is 505 g/mol. The van der Waals surface area contributed by atoms with Crippen molar-refractivity contribution in [3.8, 4) is 28.0 Å². The summed E-state index contributed by atoms with van der Waals surface area (Å²) < 4.78 is 21.5. The minimum Gasteiger partial charge on any atom is -0.495 e. The molecule has 0 unspecified atom stereocenters. The highest BCUT2D eigenvalue weighted by Crippen LogP contribution is 2.37. The fourth-order valence-electron chi connectivity index (χ4n) is 5.71. The second-order valence-electron chi connectivity index (χ2n) is 10.2. The molecule has 40 heavy (non-hydrogen) atoms. The van der Waals surface area contributed by atoms with Crippen LogP contribution in [0.25, 0.3) is 33.3 Å². The number of nitrogens with zero attached hydrogens (tertiary/aromatic N) is 5. The molecule has 8 nitrogen and oxygen atoms in total. The van der Waals surface area contributed by atoms with E-state index in [1.807, 2.05) is 37.1 Å². The Morgan fingerprint density at radius 1 is 1.02 bits per heavy atom. The lowest BCUT2D eigenvalue weighted by Crippen LogP contribution is -2.50. The molecule has 1 aliphatic heterocycles. The fourth-order valence-corrected chi connectivity index (χ4v) is 5.71. The van der Waals surface area contributed by atoms with Crippen molar-refractivity contribution in [2.24, 2.45) is 0 Å². The third-order valence-electron chi connectivity index (χ3n) is 7.85.